The average Bonchev–Trinajstić information content (AvgIpc) is 3.04. The number of hydrogen-bond acceptors (Lipinski definition) is 4. The van der Waals surface area contributed by atoms with Gasteiger partial charge >= 0.3 is 6.18 Å². The van der Waals surface area contributed by atoms with Gasteiger partial charge in [0.2, 0.25) is 17.7 Å². The molecule has 2 heterocycles. The SMILES string of the molecule is CC(=O)N1c2ccccc2C[C@H]1C(=O)NCc1cccnc1OCC(F)(F)F. The first kappa shape index (κ1) is 19.7. The minimum Gasteiger partial charge on any atom is -0.468 e. The summed E-state index contributed by atoms with van der Waals surface area (Å²) in [4.78, 5) is 29.9. The quantitative estimate of drug-likeness (QED) is 0.848. The summed E-state index contributed by atoms with van der Waals surface area (Å²) in [5.41, 5.74) is 1.88. The number of hydrogen-bond donors (Lipinski definition) is 1. The number of pyridine rings is 1. The van der Waals surface area contributed by atoms with Crippen molar-refractivity contribution in [3.63, 3.8) is 0 Å². The molecule has 1 N–H and O–H groups in total. The Morgan fingerprint density at radius 3 is 2.71 bits per heavy atom. The van der Waals surface area contributed by atoms with Crippen LogP contribution in [0.2, 0.25) is 0 Å². The number of rotatable bonds is 5. The van der Waals surface area contributed by atoms with E-state index in [9.17, 15) is 22.8 Å². The number of alkyl halides is 3. The number of carbonyl (C=O) groups is 2. The topological polar surface area (TPSA) is 71.5 Å². The van der Waals surface area contributed by atoms with Crippen molar-refractivity contribution < 1.29 is 27.5 Å². The Bertz CT molecular complexity index is 886. The third-order valence-corrected chi connectivity index (χ3v) is 4.29. The van der Waals surface area contributed by atoms with Gasteiger partial charge in [0.15, 0.2) is 6.61 Å². The summed E-state index contributed by atoms with van der Waals surface area (Å²) in [6.45, 7) is -0.161. The number of nitrogens with one attached hydrogen (secondary N) is 1. The summed E-state index contributed by atoms with van der Waals surface area (Å²) in [5.74, 6) is -0.865. The first-order valence-corrected chi connectivity index (χ1v) is 8.55. The Balaban J connectivity index is 1.69. The minimum atomic E-state index is -4.49. The van der Waals surface area contributed by atoms with Crippen molar-refractivity contribution in [1.82, 2.24) is 10.3 Å². The van der Waals surface area contributed by atoms with E-state index in [1.54, 1.807) is 12.1 Å². The van der Waals surface area contributed by atoms with E-state index in [1.165, 1.54) is 30.2 Å². The van der Waals surface area contributed by atoms with Gasteiger partial charge in [0.05, 0.1) is 0 Å². The summed E-state index contributed by atoms with van der Waals surface area (Å²) in [6.07, 6.45) is -2.82. The zero-order valence-electron chi connectivity index (χ0n) is 15.0. The lowest BCUT2D eigenvalue weighted by molar-refractivity contribution is -0.154. The maximum absolute atomic E-state index is 12.7. The fraction of sp³-hybridized carbons (Fsp3) is 0.316. The third-order valence-electron chi connectivity index (χ3n) is 4.29. The van der Waals surface area contributed by atoms with Crippen molar-refractivity contribution in [3.05, 3.63) is 53.7 Å². The van der Waals surface area contributed by atoms with Gasteiger partial charge in [-0.05, 0) is 17.7 Å². The molecular weight excluding hydrogens is 375 g/mol. The van der Waals surface area contributed by atoms with Crippen LogP contribution in [0, 0.1) is 0 Å². The molecule has 1 atom stereocenters. The molecule has 148 valence electrons. The molecule has 0 fully saturated rings. The molecular formula is C19H18F3N3O3. The van der Waals surface area contributed by atoms with Gasteiger partial charge in [-0.15, -0.1) is 0 Å². The van der Waals surface area contributed by atoms with E-state index < -0.39 is 24.7 Å². The Kier molecular flexibility index (Phi) is 5.53. The highest BCUT2D eigenvalue weighted by Crippen LogP contribution is 2.32. The van der Waals surface area contributed by atoms with E-state index in [2.05, 4.69) is 10.3 Å². The van der Waals surface area contributed by atoms with Crippen molar-refractivity contribution >= 4 is 17.5 Å². The lowest BCUT2D eigenvalue weighted by Crippen LogP contribution is -2.47. The smallest absolute Gasteiger partial charge is 0.422 e. The van der Waals surface area contributed by atoms with Crippen LogP contribution in [-0.2, 0) is 22.6 Å². The zero-order valence-corrected chi connectivity index (χ0v) is 15.0. The minimum absolute atomic E-state index is 0.0710. The summed E-state index contributed by atoms with van der Waals surface area (Å²) < 4.78 is 41.9. The monoisotopic (exact) mass is 393 g/mol. The van der Waals surface area contributed by atoms with Gasteiger partial charge in [-0.25, -0.2) is 4.98 Å². The molecule has 6 nitrogen and oxygen atoms in total. The Morgan fingerprint density at radius 2 is 2.00 bits per heavy atom. The molecule has 1 aliphatic rings. The number of aromatic nitrogens is 1. The molecule has 1 aliphatic heterocycles. The molecule has 0 bridgehead atoms. The van der Waals surface area contributed by atoms with Crippen molar-refractivity contribution in [3.8, 4) is 5.88 Å². The van der Waals surface area contributed by atoms with Crippen molar-refractivity contribution in [1.29, 1.82) is 0 Å². The number of fused-ring (bicyclic) bond motifs is 1. The van der Waals surface area contributed by atoms with Crippen LogP contribution in [0.1, 0.15) is 18.1 Å². The maximum Gasteiger partial charge on any atom is 0.422 e. The predicted molar refractivity (Wildman–Crippen MR) is 94.7 cm³/mol. The molecule has 0 unspecified atom stereocenters. The van der Waals surface area contributed by atoms with Crippen LogP contribution in [0.4, 0.5) is 18.9 Å². The van der Waals surface area contributed by atoms with Crippen molar-refractivity contribution in [2.75, 3.05) is 11.5 Å². The number of para-hydroxylation sites is 1. The Labute approximate surface area is 159 Å². The highest BCUT2D eigenvalue weighted by molar-refractivity contribution is 6.02. The molecule has 0 saturated heterocycles. The van der Waals surface area contributed by atoms with Crippen molar-refractivity contribution in [2.24, 2.45) is 0 Å². The summed E-state index contributed by atoms with van der Waals surface area (Å²) in [7, 11) is 0. The lowest BCUT2D eigenvalue weighted by Gasteiger charge is -2.23. The van der Waals surface area contributed by atoms with E-state index in [0.717, 1.165) is 5.56 Å². The fourth-order valence-electron chi connectivity index (χ4n) is 3.12. The van der Waals surface area contributed by atoms with Gasteiger partial charge < -0.3 is 10.1 Å². The predicted octanol–water partition coefficient (Wildman–Crippen LogP) is 2.62. The van der Waals surface area contributed by atoms with Crippen LogP contribution in [0.3, 0.4) is 0 Å². The molecule has 2 aromatic rings. The first-order valence-electron chi connectivity index (χ1n) is 8.55. The fourth-order valence-corrected chi connectivity index (χ4v) is 3.12. The standard InChI is InChI=1S/C19H18F3N3O3/c1-12(26)25-15-7-3-2-5-13(15)9-16(25)17(27)24-10-14-6-4-8-23-18(14)28-11-19(20,21)22/h2-8,16H,9-11H2,1H3,(H,24,27)/t16-/m0/s1. The van der Waals surface area contributed by atoms with Crippen LogP contribution < -0.4 is 15.0 Å². The summed E-state index contributed by atoms with van der Waals surface area (Å²) in [5, 5.41) is 2.66. The molecule has 28 heavy (non-hydrogen) atoms. The molecule has 0 spiro atoms. The van der Waals surface area contributed by atoms with E-state index >= 15 is 0 Å². The molecule has 0 saturated carbocycles. The number of nitrogens with zero attached hydrogens (tertiary/aromatic N) is 2. The number of benzene rings is 1. The number of ether oxygens (including phenoxy) is 1. The van der Waals surface area contributed by atoms with Gasteiger partial charge in [-0.2, -0.15) is 13.2 Å². The second-order valence-electron chi connectivity index (χ2n) is 6.33. The number of amides is 2. The van der Waals surface area contributed by atoms with Crippen LogP contribution >= 0.6 is 0 Å². The van der Waals surface area contributed by atoms with Crippen molar-refractivity contribution in [2.45, 2.75) is 32.1 Å². The largest absolute Gasteiger partial charge is 0.468 e. The Hall–Kier alpha value is -3.10. The van der Waals surface area contributed by atoms with Gasteiger partial charge in [-0.3, -0.25) is 14.5 Å². The molecule has 9 heteroatoms. The molecule has 1 aromatic heterocycles. The first-order chi connectivity index (χ1) is 13.3. The average molecular weight is 393 g/mol. The Morgan fingerprint density at radius 1 is 1.25 bits per heavy atom. The second-order valence-corrected chi connectivity index (χ2v) is 6.33. The van der Waals surface area contributed by atoms with Gasteiger partial charge in [-0.1, -0.05) is 24.3 Å². The second kappa shape index (κ2) is 7.87. The summed E-state index contributed by atoms with van der Waals surface area (Å²) in [6, 6.07) is 9.58. The molecule has 0 aliphatic carbocycles. The highest BCUT2D eigenvalue weighted by atomic mass is 19.4. The third kappa shape index (κ3) is 4.41. The lowest BCUT2D eigenvalue weighted by atomic mass is 10.1. The normalized spacial score (nSPS) is 15.9. The maximum atomic E-state index is 12.7. The molecule has 2 amide bonds. The van der Waals surface area contributed by atoms with Crippen LogP contribution in [0.25, 0.3) is 0 Å². The van der Waals surface area contributed by atoms with Gasteiger partial charge in [0.25, 0.3) is 0 Å². The number of anilines is 1. The molecule has 3 rings (SSSR count). The van der Waals surface area contributed by atoms with E-state index in [1.807, 2.05) is 12.1 Å². The van der Waals surface area contributed by atoms with Gasteiger partial charge in [0, 0.05) is 37.3 Å². The van der Waals surface area contributed by atoms with E-state index in [0.29, 0.717) is 17.7 Å². The molecule has 1 aromatic carbocycles. The zero-order chi connectivity index (χ0) is 20.3. The molecule has 0 radical (unpaired) electrons. The van der Waals surface area contributed by atoms with Gasteiger partial charge in [0.1, 0.15) is 6.04 Å². The van der Waals surface area contributed by atoms with E-state index in [4.69, 9.17) is 4.74 Å². The van der Waals surface area contributed by atoms with Crippen LogP contribution in [0.5, 0.6) is 5.88 Å². The van der Waals surface area contributed by atoms with Crippen LogP contribution in [-0.4, -0.2) is 35.6 Å². The van der Waals surface area contributed by atoms with Crippen LogP contribution in [0.15, 0.2) is 42.6 Å². The number of carbonyl (C=O) groups excluding carboxylic acids is 2. The highest BCUT2D eigenvalue weighted by Gasteiger charge is 2.36. The number of halogens is 3. The van der Waals surface area contributed by atoms with E-state index in [-0.39, 0.29) is 18.3 Å². The summed E-state index contributed by atoms with van der Waals surface area (Å²) >= 11 is 0.